The van der Waals surface area contributed by atoms with Crippen LogP contribution in [0.1, 0.15) is 12.8 Å². The standard InChI is InChI=1S/C14H14ClFN4/c15-11-7-10(3-4-12(11)16)19-13-8-14(18-9-17-13)20-5-1-2-6-20/h3-4,7-9H,1-2,5-6H2,(H,17,18,19). The van der Waals surface area contributed by atoms with Crippen molar-refractivity contribution in [2.75, 3.05) is 23.3 Å². The van der Waals surface area contributed by atoms with Gasteiger partial charge in [0, 0.05) is 24.8 Å². The van der Waals surface area contributed by atoms with Gasteiger partial charge in [-0.3, -0.25) is 0 Å². The van der Waals surface area contributed by atoms with Crippen LogP contribution >= 0.6 is 11.6 Å². The van der Waals surface area contributed by atoms with Crippen molar-refractivity contribution in [3.63, 3.8) is 0 Å². The molecule has 1 fully saturated rings. The molecule has 20 heavy (non-hydrogen) atoms. The summed E-state index contributed by atoms with van der Waals surface area (Å²) in [6.07, 6.45) is 3.92. The summed E-state index contributed by atoms with van der Waals surface area (Å²) in [5.74, 6) is 1.15. The van der Waals surface area contributed by atoms with Gasteiger partial charge in [-0.2, -0.15) is 0 Å². The van der Waals surface area contributed by atoms with Crippen LogP contribution in [0.3, 0.4) is 0 Å². The molecule has 0 amide bonds. The molecule has 0 unspecified atom stereocenters. The second-order valence-corrected chi connectivity index (χ2v) is 5.12. The number of halogens is 2. The van der Waals surface area contributed by atoms with Crippen LogP contribution in [0.15, 0.2) is 30.6 Å². The summed E-state index contributed by atoms with van der Waals surface area (Å²) in [6, 6.07) is 6.38. The molecule has 0 bridgehead atoms. The van der Waals surface area contributed by atoms with Gasteiger partial charge in [0.1, 0.15) is 23.8 Å². The van der Waals surface area contributed by atoms with Gasteiger partial charge >= 0.3 is 0 Å². The zero-order chi connectivity index (χ0) is 13.9. The molecule has 0 atom stereocenters. The van der Waals surface area contributed by atoms with E-state index in [0.29, 0.717) is 11.5 Å². The lowest BCUT2D eigenvalue weighted by Gasteiger charge is -2.16. The minimum Gasteiger partial charge on any atom is -0.356 e. The average Bonchev–Trinajstić information content (AvgIpc) is 2.97. The Morgan fingerprint density at radius 2 is 1.95 bits per heavy atom. The van der Waals surface area contributed by atoms with Crippen LogP contribution in [0.4, 0.5) is 21.7 Å². The zero-order valence-electron chi connectivity index (χ0n) is 10.8. The molecule has 0 spiro atoms. The number of rotatable bonds is 3. The quantitative estimate of drug-likeness (QED) is 0.938. The molecule has 1 aliphatic heterocycles. The highest BCUT2D eigenvalue weighted by Crippen LogP contribution is 2.24. The topological polar surface area (TPSA) is 41.0 Å². The van der Waals surface area contributed by atoms with Crippen molar-refractivity contribution < 1.29 is 4.39 Å². The highest BCUT2D eigenvalue weighted by molar-refractivity contribution is 6.31. The van der Waals surface area contributed by atoms with E-state index in [1.165, 1.54) is 31.3 Å². The van der Waals surface area contributed by atoms with E-state index in [-0.39, 0.29) is 5.02 Å². The van der Waals surface area contributed by atoms with E-state index in [9.17, 15) is 4.39 Å². The molecule has 0 radical (unpaired) electrons. The number of benzene rings is 1. The van der Waals surface area contributed by atoms with Crippen LogP contribution in [-0.2, 0) is 0 Å². The largest absolute Gasteiger partial charge is 0.356 e. The van der Waals surface area contributed by atoms with Crippen LogP contribution in [0.2, 0.25) is 5.02 Å². The molecule has 0 saturated carbocycles. The first kappa shape index (κ1) is 13.1. The van der Waals surface area contributed by atoms with E-state index in [1.54, 1.807) is 6.07 Å². The second kappa shape index (κ2) is 5.63. The normalized spacial score (nSPS) is 14.6. The highest BCUT2D eigenvalue weighted by Gasteiger charge is 2.14. The van der Waals surface area contributed by atoms with Crippen LogP contribution in [0.25, 0.3) is 0 Å². The summed E-state index contributed by atoms with van der Waals surface area (Å²) in [7, 11) is 0. The average molecular weight is 293 g/mol. The monoisotopic (exact) mass is 292 g/mol. The fourth-order valence-corrected chi connectivity index (χ4v) is 2.44. The minimum atomic E-state index is -0.433. The van der Waals surface area contributed by atoms with Gasteiger partial charge in [-0.05, 0) is 31.0 Å². The molecule has 2 aromatic rings. The zero-order valence-corrected chi connectivity index (χ0v) is 11.6. The first-order chi connectivity index (χ1) is 9.72. The third kappa shape index (κ3) is 2.82. The van der Waals surface area contributed by atoms with Gasteiger partial charge in [-0.15, -0.1) is 0 Å². The first-order valence-corrected chi connectivity index (χ1v) is 6.89. The Morgan fingerprint density at radius 1 is 1.15 bits per heavy atom. The Morgan fingerprint density at radius 3 is 2.70 bits per heavy atom. The third-order valence-corrected chi connectivity index (χ3v) is 3.56. The Balaban J connectivity index is 1.79. The third-order valence-electron chi connectivity index (χ3n) is 3.27. The molecule has 104 valence electrons. The smallest absolute Gasteiger partial charge is 0.141 e. The van der Waals surface area contributed by atoms with Crippen molar-refractivity contribution >= 4 is 28.9 Å². The molecule has 2 heterocycles. The molecule has 4 nitrogen and oxygen atoms in total. The molecule has 0 aliphatic carbocycles. The maximum Gasteiger partial charge on any atom is 0.141 e. The number of anilines is 3. The lowest BCUT2D eigenvalue weighted by atomic mass is 10.3. The summed E-state index contributed by atoms with van der Waals surface area (Å²) >= 11 is 5.76. The number of hydrogen-bond acceptors (Lipinski definition) is 4. The summed E-state index contributed by atoms with van der Waals surface area (Å²) in [6.45, 7) is 2.05. The number of aromatic nitrogens is 2. The Kier molecular flexibility index (Phi) is 3.69. The molecule has 1 N–H and O–H groups in total. The summed E-state index contributed by atoms with van der Waals surface area (Å²) in [5.41, 5.74) is 0.697. The molecule has 1 aliphatic rings. The Bertz CT molecular complexity index is 614. The molecule has 1 aromatic heterocycles. The molecule has 1 saturated heterocycles. The number of nitrogens with zero attached hydrogens (tertiary/aromatic N) is 3. The Hall–Kier alpha value is -1.88. The van der Waals surface area contributed by atoms with Crippen LogP contribution in [0, 0.1) is 5.82 Å². The van der Waals surface area contributed by atoms with Gasteiger partial charge in [0.2, 0.25) is 0 Å². The lowest BCUT2D eigenvalue weighted by molar-refractivity contribution is 0.628. The van der Waals surface area contributed by atoms with E-state index in [0.717, 1.165) is 18.9 Å². The predicted molar refractivity (Wildman–Crippen MR) is 78.2 cm³/mol. The van der Waals surface area contributed by atoms with Gasteiger partial charge < -0.3 is 10.2 Å². The Labute approximate surface area is 121 Å². The predicted octanol–water partition coefficient (Wildman–Crippen LogP) is 3.61. The first-order valence-electron chi connectivity index (χ1n) is 6.51. The minimum absolute atomic E-state index is 0.0869. The van der Waals surface area contributed by atoms with E-state index in [4.69, 9.17) is 11.6 Å². The maximum absolute atomic E-state index is 13.1. The van der Waals surface area contributed by atoms with Crippen molar-refractivity contribution in [3.8, 4) is 0 Å². The van der Waals surface area contributed by atoms with Gasteiger partial charge in [0.05, 0.1) is 5.02 Å². The van der Waals surface area contributed by atoms with Gasteiger partial charge in [-0.1, -0.05) is 11.6 Å². The van der Waals surface area contributed by atoms with Crippen molar-refractivity contribution in [1.29, 1.82) is 0 Å². The van der Waals surface area contributed by atoms with Gasteiger partial charge in [0.15, 0.2) is 0 Å². The fraction of sp³-hybridized carbons (Fsp3) is 0.286. The van der Waals surface area contributed by atoms with Crippen molar-refractivity contribution in [2.24, 2.45) is 0 Å². The fourth-order valence-electron chi connectivity index (χ4n) is 2.26. The number of nitrogens with one attached hydrogen (secondary N) is 1. The van der Waals surface area contributed by atoms with E-state index in [1.807, 2.05) is 6.07 Å². The SMILES string of the molecule is Fc1ccc(Nc2cc(N3CCCC3)ncn2)cc1Cl. The number of hydrogen-bond donors (Lipinski definition) is 1. The van der Waals surface area contributed by atoms with Crippen molar-refractivity contribution in [3.05, 3.63) is 41.4 Å². The molecule has 1 aromatic carbocycles. The van der Waals surface area contributed by atoms with E-state index < -0.39 is 5.82 Å². The summed E-state index contributed by atoms with van der Waals surface area (Å²) in [4.78, 5) is 10.7. The molecular formula is C14H14ClFN4. The van der Waals surface area contributed by atoms with Crippen LogP contribution < -0.4 is 10.2 Å². The molecule has 6 heteroatoms. The van der Waals surface area contributed by atoms with Crippen LogP contribution in [-0.4, -0.2) is 23.1 Å². The molecular weight excluding hydrogens is 279 g/mol. The second-order valence-electron chi connectivity index (χ2n) is 4.71. The maximum atomic E-state index is 13.1. The van der Waals surface area contributed by atoms with E-state index in [2.05, 4.69) is 20.2 Å². The van der Waals surface area contributed by atoms with Crippen molar-refractivity contribution in [2.45, 2.75) is 12.8 Å². The highest BCUT2D eigenvalue weighted by atomic mass is 35.5. The van der Waals surface area contributed by atoms with Gasteiger partial charge in [-0.25, -0.2) is 14.4 Å². The van der Waals surface area contributed by atoms with Crippen LogP contribution in [0.5, 0.6) is 0 Å². The van der Waals surface area contributed by atoms with Crippen molar-refractivity contribution in [1.82, 2.24) is 9.97 Å². The molecule has 3 rings (SSSR count). The van der Waals surface area contributed by atoms with Gasteiger partial charge in [0.25, 0.3) is 0 Å². The summed E-state index contributed by atoms with van der Waals surface area (Å²) in [5, 5.41) is 3.19. The van der Waals surface area contributed by atoms with E-state index >= 15 is 0 Å². The summed E-state index contributed by atoms with van der Waals surface area (Å²) < 4.78 is 13.1. The lowest BCUT2D eigenvalue weighted by Crippen LogP contribution is -2.19.